The Balaban J connectivity index is 1.58. The maximum atomic E-state index is 13.4. The number of rotatable bonds is 7. The monoisotopic (exact) mass is 502 g/mol. The van der Waals surface area contributed by atoms with Crippen LogP contribution >= 0.6 is 23.2 Å². The number of benzene rings is 3. The predicted octanol–water partition coefficient (Wildman–Crippen LogP) is 5.55. The van der Waals surface area contributed by atoms with Crippen molar-refractivity contribution in [1.29, 1.82) is 0 Å². The van der Waals surface area contributed by atoms with Gasteiger partial charge in [-0.3, -0.25) is 9.10 Å². The zero-order valence-electron chi connectivity index (χ0n) is 18.1. The van der Waals surface area contributed by atoms with Gasteiger partial charge in [-0.1, -0.05) is 47.5 Å². The van der Waals surface area contributed by atoms with Crippen molar-refractivity contribution >= 4 is 44.8 Å². The van der Waals surface area contributed by atoms with Crippen LogP contribution in [0.1, 0.15) is 36.1 Å². The Bertz CT molecular complexity index is 1280. The van der Waals surface area contributed by atoms with E-state index in [4.69, 9.17) is 23.2 Å². The van der Waals surface area contributed by atoms with Crippen LogP contribution in [0.2, 0.25) is 10.0 Å². The summed E-state index contributed by atoms with van der Waals surface area (Å²) in [6.45, 7) is 1.51. The smallest absolute Gasteiger partial charge is 0.264 e. The number of halogens is 2. The van der Waals surface area contributed by atoms with Crippen molar-refractivity contribution < 1.29 is 13.2 Å². The van der Waals surface area contributed by atoms with Crippen LogP contribution in [-0.4, -0.2) is 20.9 Å². The molecule has 1 amide bonds. The van der Waals surface area contributed by atoms with Crippen molar-refractivity contribution in [3.8, 4) is 0 Å². The number of carbonyl (C=O) groups is 1. The highest BCUT2D eigenvalue weighted by molar-refractivity contribution is 7.92. The standard InChI is InChI=1S/C25H24Cl2N2O3S/c1-17(19-9-8-18-4-2-5-20(18)14-19)28-25(30)16-29(23-7-3-6-22(27)15-23)33(31,32)24-12-10-21(26)11-13-24/h3,6-15,17H,2,4-5,16H2,1H3,(H,28,30). The Morgan fingerprint density at radius 2 is 1.70 bits per heavy atom. The fourth-order valence-electron chi connectivity index (χ4n) is 4.04. The summed E-state index contributed by atoms with van der Waals surface area (Å²) in [5.41, 5.74) is 3.98. The van der Waals surface area contributed by atoms with Gasteiger partial charge in [0.05, 0.1) is 16.6 Å². The average molecular weight is 503 g/mol. The second-order valence-corrected chi connectivity index (χ2v) is 10.9. The number of sulfonamides is 1. The predicted molar refractivity (Wildman–Crippen MR) is 132 cm³/mol. The lowest BCUT2D eigenvalue weighted by atomic mass is 10.0. The van der Waals surface area contributed by atoms with Gasteiger partial charge >= 0.3 is 0 Å². The minimum absolute atomic E-state index is 0.0337. The third-order valence-electron chi connectivity index (χ3n) is 5.79. The quantitative estimate of drug-likeness (QED) is 0.460. The molecule has 0 fully saturated rings. The molecule has 1 atom stereocenters. The third kappa shape index (κ3) is 5.35. The molecule has 172 valence electrons. The van der Waals surface area contributed by atoms with E-state index in [1.54, 1.807) is 18.2 Å². The zero-order valence-corrected chi connectivity index (χ0v) is 20.4. The van der Waals surface area contributed by atoms with Gasteiger partial charge in [-0.15, -0.1) is 0 Å². The molecule has 4 rings (SSSR count). The van der Waals surface area contributed by atoms with Gasteiger partial charge in [0.2, 0.25) is 5.91 Å². The Morgan fingerprint density at radius 3 is 2.42 bits per heavy atom. The van der Waals surface area contributed by atoms with Gasteiger partial charge in [0.1, 0.15) is 6.54 Å². The summed E-state index contributed by atoms with van der Waals surface area (Å²) in [5, 5.41) is 3.73. The Hall–Kier alpha value is -2.54. The maximum absolute atomic E-state index is 13.4. The molecule has 0 spiro atoms. The molecular formula is C25H24Cl2N2O3S. The first-order valence-corrected chi connectivity index (χ1v) is 12.9. The number of carbonyl (C=O) groups excluding carboxylic acids is 1. The van der Waals surface area contributed by atoms with E-state index >= 15 is 0 Å². The SMILES string of the molecule is CC(NC(=O)CN(c1cccc(Cl)c1)S(=O)(=O)c1ccc(Cl)cc1)c1ccc2c(c1)CCC2. The number of anilines is 1. The van der Waals surface area contributed by atoms with E-state index in [0.717, 1.165) is 29.1 Å². The third-order valence-corrected chi connectivity index (χ3v) is 8.06. The van der Waals surface area contributed by atoms with E-state index in [9.17, 15) is 13.2 Å². The summed E-state index contributed by atoms with van der Waals surface area (Å²) in [6, 6.07) is 18.3. The van der Waals surface area contributed by atoms with Crippen molar-refractivity contribution in [1.82, 2.24) is 5.32 Å². The molecule has 1 unspecified atom stereocenters. The van der Waals surface area contributed by atoms with Gasteiger partial charge < -0.3 is 5.32 Å². The number of fused-ring (bicyclic) bond motifs is 1. The maximum Gasteiger partial charge on any atom is 0.264 e. The fourth-order valence-corrected chi connectivity index (χ4v) is 5.77. The van der Waals surface area contributed by atoms with Crippen molar-refractivity contribution in [3.63, 3.8) is 0 Å². The van der Waals surface area contributed by atoms with E-state index in [1.807, 2.05) is 13.0 Å². The summed E-state index contributed by atoms with van der Waals surface area (Å²) in [4.78, 5) is 13.0. The highest BCUT2D eigenvalue weighted by atomic mass is 35.5. The number of nitrogens with zero attached hydrogens (tertiary/aromatic N) is 1. The van der Waals surface area contributed by atoms with Crippen molar-refractivity contribution in [3.05, 3.63) is 93.5 Å². The van der Waals surface area contributed by atoms with E-state index in [-0.39, 0.29) is 17.5 Å². The fraction of sp³-hybridized carbons (Fsp3) is 0.240. The van der Waals surface area contributed by atoms with Gasteiger partial charge in [0.25, 0.3) is 10.0 Å². The molecule has 0 heterocycles. The lowest BCUT2D eigenvalue weighted by Gasteiger charge is -2.25. The Kier molecular flexibility index (Phi) is 6.98. The number of nitrogens with one attached hydrogen (secondary N) is 1. The van der Waals surface area contributed by atoms with E-state index in [2.05, 4.69) is 17.4 Å². The van der Waals surface area contributed by atoms with E-state index in [1.165, 1.54) is 41.5 Å². The van der Waals surface area contributed by atoms with Crippen LogP contribution in [0.25, 0.3) is 0 Å². The first-order valence-electron chi connectivity index (χ1n) is 10.7. The van der Waals surface area contributed by atoms with Crippen molar-refractivity contribution in [2.75, 3.05) is 10.8 Å². The summed E-state index contributed by atoms with van der Waals surface area (Å²) in [5.74, 6) is -0.416. The lowest BCUT2D eigenvalue weighted by Crippen LogP contribution is -2.41. The van der Waals surface area contributed by atoms with Gasteiger partial charge in [-0.05, 0) is 85.3 Å². The lowest BCUT2D eigenvalue weighted by molar-refractivity contribution is -0.120. The summed E-state index contributed by atoms with van der Waals surface area (Å²) in [7, 11) is -4.04. The first kappa shape index (κ1) is 23.6. The largest absolute Gasteiger partial charge is 0.348 e. The van der Waals surface area contributed by atoms with Gasteiger partial charge in [0, 0.05) is 10.0 Å². The zero-order chi connectivity index (χ0) is 23.6. The molecule has 8 heteroatoms. The first-order chi connectivity index (χ1) is 15.7. The summed E-state index contributed by atoms with van der Waals surface area (Å²) < 4.78 is 27.9. The molecule has 1 N–H and O–H groups in total. The van der Waals surface area contributed by atoms with Crippen molar-refractivity contribution in [2.24, 2.45) is 0 Å². The molecule has 0 radical (unpaired) electrons. The number of hydrogen-bond acceptors (Lipinski definition) is 3. The molecule has 3 aromatic carbocycles. The van der Waals surface area contributed by atoms with Crippen LogP contribution in [0.3, 0.4) is 0 Å². The normalized spacial score (nSPS) is 13.9. The molecule has 1 aliphatic carbocycles. The van der Waals surface area contributed by atoms with E-state index in [0.29, 0.717) is 15.7 Å². The molecule has 1 aliphatic rings. The second-order valence-electron chi connectivity index (χ2n) is 8.12. The molecule has 33 heavy (non-hydrogen) atoms. The van der Waals surface area contributed by atoms with Crippen molar-refractivity contribution in [2.45, 2.75) is 37.1 Å². The highest BCUT2D eigenvalue weighted by Crippen LogP contribution is 2.28. The van der Waals surface area contributed by atoms with Crippen LogP contribution in [0, 0.1) is 0 Å². The molecule has 0 saturated carbocycles. The molecule has 0 aromatic heterocycles. The van der Waals surface area contributed by atoms with Crippen LogP contribution in [0.15, 0.2) is 71.6 Å². The average Bonchev–Trinajstić information content (AvgIpc) is 3.25. The molecular weight excluding hydrogens is 479 g/mol. The number of amides is 1. The van der Waals surface area contributed by atoms with E-state index < -0.39 is 15.9 Å². The van der Waals surface area contributed by atoms with Gasteiger partial charge in [-0.2, -0.15) is 0 Å². The van der Waals surface area contributed by atoms with Gasteiger partial charge in [-0.25, -0.2) is 8.42 Å². The van der Waals surface area contributed by atoms with Gasteiger partial charge in [0.15, 0.2) is 0 Å². The highest BCUT2D eigenvalue weighted by Gasteiger charge is 2.28. The second kappa shape index (κ2) is 9.75. The van der Waals surface area contributed by atoms with Crippen LogP contribution in [0.5, 0.6) is 0 Å². The minimum atomic E-state index is -4.04. The van der Waals surface area contributed by atoms with Crippen LogP contribution < -0.4 is 9.62 Å². The van der Waals surface area contributed by atoms with Crippen LogP contribution in [0.4, 0.5) is 5.69 Å². The number of aryl methyl sites for hydroxylation is 2. The minimum Gasteiger partial charge on any atom is -0.348 e. The molecule has 0 bridgehead atoms. The summed E-state index contributed by atoms with van der Waals surface area (Å²) >= 11 is 12.0. The number of hydrogen-bond donors (Lipinski definition) is 1. The molecule has 5 nitrogen and oxygen atoms in total. The molecule has 0 aliphatic heterocycles. The summed E-state index contributed by atoms with van der Waals surface area (Å²) in [6.07, 6.45) is 3.29. The van der Waals surface area contributed by atoms with Crippen LogP contribution in [-0.2, 0) is 27.7 Å². The molecule has 3 aromatic rings. The Labute approximate surface area is 204 Å². The topological polar surface area (TPSA) is 66.5 Å². The molecule has 0 saturated heterocycles. The Morgan fingerprint density at radius 1 is 0.970 bits per heavy atom.